The van der Waals surface area contributed by atoms with Crippen molar-refractivity contribution in [2.45, 2.75) is 50.6 Å². The summed E-state index contributed by atoms with van der Waals surface area (Å²) in [4.78, 5) is 24.1. The predicted molar refractivity (Wildman–Crippen MR) is 105 cm³/mol. The van der Waals surface area contributed by atoms with E-state index in [1.54, 1.807) is 6.07 Å². The molecule has 1 atom stereocenters. The van der Waals surface area contributed by atoms with E-state index in [4.69, 9.17) is 9.47 Å². The number of hydrogen-bond donors (Lipinski definition) is 0. The number of carbonyl (C=O) groups excluding carboxylic acids is 2. The molecule has 0 amide bonds. The average molecular weight is 519 g/mol. The molecule has 158 valence electrons. The van der Waals surface area contributed by atoms with Crippen molar-refractivity contribution in [1.82, 2.24) is 0 Å². The highest BCUT2D eigenvalue weighted by molar-refractivity contribution is 14.1. The lowest BCUT2D eigenvalue weighted by atomic mass is 9.47. The Kier molecular flexibility index (Phi) is 5.28. The van der Waals surface area contributed by atoms with Crippen LogP contribution in [0.2, 0.25) is 0 Å². The van der Waals surface area contributed by atoms with Crippen molar-refractivity contribution in [2.75, 3.05) is 7.11 Å². The summed E-state index contributed by atoms with van der Waals surface area (Å²) in [7, 11) is 1.49. The molecule has 0 aromatic heterocycles. The molecular formula is C21H22F2IO5-. The van der Waals surface area contributed by atoms with Crippen LogP contribution in [0.4, 0.5) is 8.78 Å². The van der Waals surface area contributed by atoms with Crippen LogP contribution in [0.25, 0.3) is 0 Å². The van der Waals surface area contributed by atoms with E-state index < -0.39 is 29.4 Å². The first kappa shape index (κ1) is 20.8. The molecular weight excluding hydrogens is 497 g/mol. The van der Waals surface area contributed by atoms with Gasteiger partial charge in [-0.3, -0.25) is 0 Å². The normalized spacial score (nSPS) is 31.4. The topological polar surface area (TPSA) is 75.7 Å². The first-order chi connectivity index (χ1) is 13.6. The molecule has 4 fully saturated rings. The third-order valence-electron chi connectivity index (χ3n) is 6.86. The second kappa shape index (κ2) is 7.35. The third kappa shape index (κ3) is 3.61. The molecule has 0 heterocycles. The molecule has 0 aliphatic heterocycles. The first-order valence-electron chi connectivity index (χ1n) is 9.78. The van der Waals surface area contributed by atoms with Gasteiger partial charge in [-0.1, -0.05) is 0 Å². The molecule has 0 N–H and O–H groups in total. The van der Waals surface area contributed by atoms with E-state index in [-0.39, 0.29) is 5.56 Å². The fourth-order valence-corrected chi connectivity index (χ4v) is 6.89. The summed E-state index contributed by atoms with van der Waals surface area (Å²) in [5.41, 5.74) is -0.924. The minimum atomic E-state index is -4.25. The zero-order chi connectivity index (χ0) is 21.0. The monoisotopic (exact) mass is 519 g/mol. The number of esters is 1. The largest absolute Gasteiger partial charge is 0.544 e. The van der Waals surface area contributed by atoms with E-state index >= 15 is 0 Å². The molecule has 0 radical (unpaired) electrons. The van der Waals surface area contributed by atoms with Crippen molar-refractivity contribution in [1.29, 1.82) is 0 Å². The van der Waals surface area contributed by atoms with Gasteiger partial charge in [0.05, 0.1) is 16.2 Å². The summed E-state index contributed by atoms with van der Waals surface area (Å²) < 4.78 is 40.8. The van der Waals surface area contributed by atoms with Gasteiger partial charge in [0, 0.05) is 5.41 Å². The van der Waals surface area contributed by atoms with Crippen LogP contribution in [-0.2, 0) is 9.53 Å². The number of carboxylic acids is 1. The summed E-state index contributed by atoms with van der Waals surface area (Å²) in [5, 5.41) is 11.3. The summed E-state index contributed by atoms with van der Waals surface area (Å²) in [6.07, 6.45) is 2.37. The molecule has 4 saturated carbocycles. The van der Waals surface area contributed by atoms with Gasteiger partial charge in [0.1, 0.15) is 11.7 Å². The number of alkyl halides is 2. The van der Waals surface area contributed by atoms with Gasteiger partial charge in [0.25, 0.3) is 0 Å². The van der Waals surface area contributed by atoms with E-state index in [0.29, 0.717) is 46.3 Å². The van der Waals surface area contributed by atoms with Gasteiger partial charge in [-0.25, -0.2) is 4.79 Å². The number of methoxy groups -OCH3 is 1. The summed E-state index contributed by atoms with van der Waals surface area (Å²) in [6, 6.07) is 4.46. The van der Waals surface area contributed by atoms with Gasteiger partial charge >= 0.3 is 11.9 Å². The van der Waals surface area contributed by atoms with Gasteiger partial charge in [0.15, 0.2) is 6.10 Å². The Hall–Kier alpha value is -1.45. The van der Waals surface area contributed by atoms with Crippen LogP contribution in [0.15, 0.2) is 18.2 Å². The molecule has 4 aliphatic carbocycles. The molecule has 4 bridgehead atoms. The van der Waals surface area contributed by atoms with Gasteiger partial charge in [-0.15, -0.1) is 0 Å². The van der Waals surface area contributed by atoms with Crippen molar-refractivity contribution in [2.24, 2.45) is 23.2 Å². The number of hydrogen-bond acceptors (Lipinski definition) is 5. The summed E-state index contributed by atoms with van der Waals surface area (Å²) >= 11 is 1.97. The van der Waals surface area contributed by atoms with Crippen LogP contribution in [0, 0.1) is 26.7 Å². The van der Waals surface area contributed by atoms with Crippen LogP contribution in [0.5, 0.6) is 5.75 Å². The molecule has 0 saturated heterocycles. The zero-order valence-corrected chi connectivity index (χ0v) is 18.1. The fourth-order valence-electron chi connectivity index (χ4n) is 6.16. The average Bonchev–Trinajstić information content (AvgIpc) is 2.64. The maximum Gasteiger partial charge on any atom is 0.338 e. The highest BCUT2D eigenvalue weighted by atomic mass is 127. The van der Waals surface area contributed by atoms with E-state index in [0.717, 1.165) is 19.3 Å². The maximum atomic E-state index is 14.8. The van der Waals surface area contributed by atoms with Gasteiger partial charge < -0.3 is 19.4 Å². The molecule has 1 aromatic rings. The Morgan fingerprint density at radius 1 is 1.17 bits per heavy atom. The number of aliphatic carboxylic acids is 1. The minimum Gasteiger partial charge on any atom is -0.544 e. The fraction of sp³-hybridized carbons (Fsp3) is 0.619. The van der Waals surface area contributed by atoms with Gasteiger partial charge in [-0.2, -0.15) is 8.78 Å². The standard InChI is InChI=1S/C21H23F2IO5/c1-28-16-3-2-14(7-15(16)24)17(25)29-18(21(22,23)19(26)27)20-8-11-4-12(9-20)6-13(5-11)10-20/h2-3,7,11-13,18H,4-6,8-10H2,1H3,(H,26,27)/p-1. The Morgan fingerprint density at radius 2 is 1.72 bits per heavy atom. The Morgan fingerprint density at radius 3 is 2.17 bits per heavy atom. The highest BCUT2D eigenvalue weighted by Gasteiger charge is 2.62. The first-order valence-corrected chi connectivity index (χ1v) is 10.9. The molecule has 8 heteroatoms. The number of halogens is 3. The second-order valence-corrected chi connectivity index (χ2v) is 9.99. The number of ether oxygens (including phenoxy) is 2. The van der Waals surface area contributed by atoms with Crippen molar-refractivity contribution in [3.8, 4) is 5.75 Å². The van der Waals surface area contributed by atoms with Crippen molar-refractivity contribution in [3.63, 3.8) is 0 Å². The van der Waals surface area contributed by atoms with Crippen LogP contribution in [0.3, 0.4) is 0 Å². The van der Waals surface area contributed by atoms with E-state index in [1.165, 1.54) is 19.2 Å². The Bertz CT molecular complexity index is 805. The molecule has 5 nitrogen and oxygen atoms in total. The maximum absolute atomic E-state index is 14.8. The van der Waals surface area contributed by atoms with Gasteiger partial charge in [0.2, 0.25) is 0 Å². The van der Waals surface area contributed by atoms with Crippen LogP contribution in [0.1, 0.15) is 48.9 Å². The van der Waals surface area contributed by atoms with Crippen LogP contribution < -0.4 is 9.84 Å². The zero-order valence-electron chi connectivity index (χ0n) is 16.0. The molecule has 4 aliphatic rings. The van der Waals surface area contributed by atoms with E-state index in [9.17, 15) is 23.5 Å². The SMILES string of the molecule is COc1ccc(C(=O)OC(C23CC4CC(CC(C4)C2)C3)C(F)(F)C(=O)[O-])cc1I. The second-order valence-electron chi connectivity index (χ2n) is 8.83. The van der Waals surface area contributed by atoms with Crippen LogP contribution >= 0.6 is 22.6 Å². The lowest BCUT2D eigenvalue weighted by molar-refractivity contribution is -0.342. The molecule has 5 rings (SSSR count). The predicted octanol–water partition coefficient (Wildman–Crippen LogP) is 3.43. The number of carbonyl (C=O) groups is 2. The summed E-state index contributed by atoms with van der Waals surface area (Å²) in [6.45, 7) is 0. The lowest BCUT2D eigenvalue weighted by Gasteiger charge is -2.59. The minimum absolute atomic E-state index is 0.0825. The Balaban J connectivity index is 1.66. The van der Waals surface area contributed by atoms with Crippen LogP contribution in [-0.4, -0.2) is 31.1 Å². The quantitative estimate of drug-likeness (QED) is 0.426. The number of rotatable bonds is 6. The Labute approximate surface area is 181 Å². The van der Waals surface area contributed by atoms with Crippen molar-refractivity contribution in [3.05, 3.63) is 27.3 Å². The molecule has 0 spiro atoms. The van der Waals surface area contributed by atoms with Gasteiger partial charge in [-0.05, 0) is 97.1 Å². The number of carboxylic acid groups (broad SMARTS) is 1. The van der Waals surface area contributed by atoms with Crippen molar-refractivity contribution < 1.29 is 33.0 Å². The number of benzene rings is 1. The highest BCUT2D eigenvalue weighted by Crippen LogP contribution is 2.63. The van der Waals surface area contributed by atoms with E-state index in [2.05, 4.69) is 0 Å². The smallest absolute Gasteiger partial charge is 0.338 e. The van der Waals surface area contributed by atoms with E-state index in [1.807, 2.05) is 22.6 Å². The molecule has 1 aromatic carbocycles. The summed E-state index contributed by atoms with van der Waals surface area (Å²) in [5.74, 6) is -6.27. The molecule has 29 heavy (non-hydrogen) atoms. The lowest BCUT2D eigenvalue weighted by Crippen LogP contribution is -2.62. The van der Waals surface area contributed by atoms with Crippen molar-refractivity contribution >= 4 is 34.5 Å². The molecule has 1 unspecified atom stereocenters. The third-order valence-corrected chi connectivity index (χ3v) is 7.70.